The van der Waals surface area contributed by atoms with Gasteiger partial charge in [0.05, 0.1) is 5.56 Å². The first-order valence-electron chi connectivity index (χ1n) is 7.95. The Hall–Kier alpha value is -2.68. The number of carbonyl (C=O) groups excluding carboxylic acids is 2. The maximum absolute atomic E-state index is 13.1. The summed E-state index contributed by atoms with van der Waals surface area (Å²) < 4.78 is 0. The lowest BCUT2D eigenvalue weighted by atomic mass is 9.95. The molecule has 0 aliphatic carbocycles. The van der Waals surface area contributed by atoms with Crippen LogP contribution < -0.4 is 0 Å². The number of likely N-dealkylation sites (tertiary alicyclic amines) is 1. The number of nitrogens with zero attached hydrogens (tertiary/aromatic N) is 1. The normalized spacial score (nSPS) is 15.3. The topological polar surface area (TPSA) is 37.4 Å². The van der Waals surface area contributed by atoms with E-state index in [1.54, 1.807) is 0 Å². The van der Waals surface area contributed by atoms with Crippen LogP contribution in [0.4, 0.5) is 0 Å². The second kappa shape index (κ2) is 5.51. The van der Waals surface area contributed by atoms with Gasteiger partial charge in [0, 0.05) is 25.9 Å². The number of rotatable bonds is 1. The Kier molecular flexibility index (Phi) is 3.34. The minimum atomic E-state index is 0.0329. The molecule has 1 aliphatic rings. The molecule has 3 aromatic carbocycles. The fraction of sp³-hybridized carbons (Fsp3) is 0.200. The molecule has 23 heavy (non-hydrogen) atoms. The molecule has 0 spiro atoms. The van der Waals surface area contributed by atoms with Gasteiger partial charge in [-0.2, -0.15) is 0 Å². The van der Waals surface area contributed by atoms with E-state index in [9.17, 15) is 9.59 Å². The van der Waals surface area contributed by atoms with Gasteiger partial charge in [-0.15, -0.1) is 0 Å². The zero-order chi connectivity index (χ0) is 15.8. The Morgan fingerprint density at radius 1 is 0.826 bits per heavy atom. The van der Waals surface area contributed by atoms with E-state index in [1.807, 2.05) is 53.4 Å². The van der Waals surface area contributed by atoms with Gasteiger partial charge in [-0.1, -0.05) is 48.5 Å². The van der Waals surface area contributed by atoms with Gasteiger partial charge in [0.1, 0.15) is 5.78 Å². The summed E-state index contributed by atoms with van der Waals surface area (Å²) in [6.45, 7) is 1.05. The fourth-order valence-electron chi connectivity index (χ4n) is 3.36. The lowest BCUT2D eigenvalue weighted by Crippen LogP contribution is -2.38. The van der Waals surface area contributed by atoms with Crippen LogP contribution in [0.1, 0.15) is 23.2 Å². The molecule has 114 valence electrons. The molecule has 1 aliphatic heterocycles. The second-order valence-corrected chi connectivity index (χ2v) is 6.02. The van der Waals surface area contributed by atoms with Gasteiger partial charge in [-0.25, -0.2) is 0 Å². The van der Waals surface area contributed by atoms with Crippen molar-refractivity contribution in [1.29, 1.82) is 0 Å². The Balaban J connectivity index is 1.92. The predicted octanol–water partition coefficient (Wildman–Crippen LogP) is 3.80. The molecule has 1 amide bonds. The number of carbonyl (C=O) groups is 2. The molecular formula is C20H17NO2. The van der Waals surface area contributed by atoms with Crippen LogP contribution in [0.15, 0.2) is 54.6 Å². The van der Waals surface area contributed by atoms with Crippen molar-refractivity contribution in [3.05, 3.63) is 60.2 Å². The number of benzene rings is 3. The Labute approximate surface area is 134 Å². The van der Waals surface area contributed by atoms with Gasteiger partial charge in [-0.3, -0.25) is 9.59 Å². The Morgan fingerprint density at radius 2 is 1.35 bits per heavy atom. The van der Waals surface area contributed by atoms with E-state index >= 15 is 0 Å². The number of hydrogen-bond acceptors (Lipinski definition) is 2. The third kappa shape index (κ3) is 2.38. The first kappa shape index (κ1) is 13.9. The Morgan fingerprint density at radius 3 is 1.91 bits per heavy atom. The van der Waals surface area contributed by atoms with Gasteiger partial charge in [0.15, 0.2) is 0 Å². The largest absolute Gasteiger partial charge is 0.338 e. The maximum Gasteiger partial charge on any atom is 0.255 e. The monoisotopic (exact) mass is 303 g/mol. The van der Waals surface area contributed by atoms with Crippen molar-refractivity contribution >= 4 is 33.2 Å². The number of piperidine rings is 1. The minimum Gasteiger partial charge on any atom is -0.338 e. The molecule has 0 radical (unpaired) electrons. The summed E-state index contributed by atoms with van der Waals surface area (Å²) in [5.41, 5.74) is 0.757. The number of hydrogen-bond donors (Lipinski definition) is 0. The van der Waals surface area contributed by atoms with E-state index in [2.05, 4.69) is 6.07 Å². The van der Waals surface area contributed by atoms with Crippen LogP contribution in [0.5, 0.6) is 0 Å². The van der Waals surface area contributed by atoms with E-state index < -0.39 is 0 Å². The van der Waals surface area contributed by atoms with Crippen LogP contribution >= 0.6 is 0 Å². The van der Waals surface area contributed by atoms with Gasteiger partial charge in [-0.05, 0) is 27.6 Å². The molecule has 3 aromatic rings. The lowest BCUT2D eigenvalue weighted by molar-refractivity contribution is -0.120. The standard InChI is InChI=1S/C20H17NO2/c22-16-9-11-21(12-10-16)20(23)19-17-7-3-1-5-14(17)13-15-6-2-4-8-18(15)19/h1-8,13H,9-12H2. The van der Waals surface area contributed by atoms with Crippen LogP contribution in [0, 0.1) is 0 Å². The van der Waals surface area contributed by atoms with Crippen LogP contribution in [0.3, 0.4) is 0 Å². The molecule has 1 saturated heterocycles. The first-order valence-corrected chi connectivity index (χ1v) is 7.95. The van der Waals surface area contributed by atoms with Crippen molar-refractivity contribution in [3.8, 4) is 0 Å². The molecule has 0 unspecified atom stereocenters. The van der Waals surface area contributed by atoms with Crippen molar-refractivity contribution < 1.29 is 9.59 Å². The van der Waals surface area contributed by atoms with Crippen LogP contribution in [-0.4, -0.2) is 29.7 Å². The number of amides is 1. The molecule has 3 nitrogen and oxygen atoms in total. The molecular weight excluding hydrogens is 286 g/mol. The molecule has 1 fully saturated rings. The Bertz CT molecular complexity index is 865. The SMILES string of the molecule is O=C1CCN(C(=O)c2c3ccccc3cc3ccccc23)CC1. The summed E-state index contributed by atoms with van der Waals surface area (Å²) in [5.74, 6) is 0.280. The lowest BCUT2D eigenvalue weighted by Gasteiger charge is -2.27. The molecule has 0 N–H and O–H groups in total. The summed E-state index contributed by atoms with van der Waals surface area (Å²) in [7, 11) is 0. The average molecular weight is 303 g/mol. The molecule has 0 bridgehead atoms. The third-order valence-corrected chi connectivity index (χ3v) is 4.59. The quantitative estimate of drug-likeness (QED) is 0.641. The highest BCUT2D eigenvalue weighted by atomic mass is 16.2. The zero-order valence-corrected chi connectivity index (χ0v) is 12.8. The third-order valence-electron chi connectivity index (χ3n) is 4.59. The van der Waals surface area contributed by atoms with Gasteiger partial charge in [0.2, 0.25) is 0 Å². The molecule has 0 aromatic heterocycles. The van der Waals surface area contributed by atoms with E-state index in [0.29, 0.717) is 25.9 Å². The second-order valence-electron chi connectivity index (χ2n) is 6.02. The van der Waals surface area contributed by atoms with E-state index in [1.165, 1.54) is 0 Å². The summed E-state index contributed by atoms with van der Waals surface area (Å²) in [6.07, 6.45) is 0.933. The van der Waals surface area contributed by atoms with Gasteiger partial charge in [0.25, 0.3) is 5.91 Å². The number of fused-ring (bicyclic) bond motifs is 2. The minimum absolute atomic E-state index is 0.0329. The zero-order valence-electron chi connectivity index (χ0n) is 12.8. The van der Waals surface area contributed by atoms with Gasteiger partial charge >= 0.3 is 0 Å². The molecule has 3 heteroatoms. The van der Waals surface area contributed by atoms with E-state index in [4.69, 9.17) is 0 Å². The summed E-state index contributed by atoms with van der Waals surface area (Å²) in [5, 5.41) is 4.10. The first-order chi connectivity index (χ1) is 11.2. The highest BCUT2D eigenvalue weighted by molar-refractivity contribution is 6.18. The van der Waals surface area contributed by atoms with Crippen LogP contribution in [0.25, 0.3) is 21.5 Å². The van der Waals surface area contributed by atoms with E-state index in [0.717, 1.165) is 27.1 Å². The van der Waals surface area contributed by atoms with E-state index in [-0.39, 0.29) is 11.7 Å². The van der Waals surface area contributed by atoms with Crippen LogP contribution in [0.2, 0.25) is 0 Å². The highest BCUT2D eigenvalue weighted by Crippen LogP contribution is 2.30. The molecule has 0 atom stereocenters. The predicted molar refractivity (Wildman–Crippen MR) is 91.6 cm³/mol. The highest BCUT2D eigenvalue weighted by Gasteiger charge is 2.24. The van der Waals surface area contributed by atoms with Gasteiger partial charge < -0.3 is 4.90 Å². The fourth-order valence-corrected chi connectivity index (χ4v) is 3.36. The van der Waals surface area contributed by atoms with Crippen LogP contribution in [-0.2, 0) is 4.79 Å². The van der Waals surface area contributed by atoms with Crippen molar-refractivity contribution in [2.45, 2.75) is 12.8 Å². The molecule has 1 heterocycles. The van der Waals surface area contributed by atoms with Crippen molar-refractivity contribution in [3.63, 3.8) is 0 Å². The van der Waals surface area contributed by atoms with Crippen molar-refractivity contribution in [1.82, 2.24) is 4.90 Å². The maximum atomic E-state index is 13.1. The smallest absolute Gasteiger partial charge is 0.255 e. The summed E-state index contributed by atoms with van der Waals surface area (Å²) >= 11 is 0. The average Bonchev–Trinajstić information content (AvgIpc) is 2.59. The molecule has 4 rings (SSSR count). The summed E-state index contributed by atoms with van der Waals surface area (Å²) in [4.78, 5) is 26.4. The summed E-state index contributed by atoms with van der Waals surface area (Å²) in [6, 6.07) is 18.1. The molecule has 0 saturated carbocycles. The van der Waals surface area contributed by atoms with Crippen molar-refractivity contribution in [2.75, 3.05) is 13.1 Å². The number of ketones is 1. The number of Topliss-reactive ketones (excluding diaryl/α,β-unsaturated/α-hetero) is 1. The van der Waals surface area contributed by atoms with Crippen molar-refractivity contribution in [2.24, 2.45) is 0 Å².